The molecular weight excluding hydrogens is 175 g/mol. The molecule has 70 valence electrons. The molecule has 0 aliphatic rings. The Morgan fingerprint density at radius 2 is 1.85 bits per heavy atom. The van der Waals surface area contributed by atoms with Gasteiger partial charge in [-0.1, -0.05) is 42.5 Å². The van der Waals surface area contributed by atoms with Crippen molar-refractivity contribution in [2.75, 3.05) is 6.16 Å². The minimum atomic E-state index is 1.07. The summed E-state index contributed by atoms with van der Waals surface area (Å²) >= 11 is 0. The van der Waals surface area contributed by atoms with E-state index in [0.717, 1.165) is 6.16 Å². The molecular formula is C12H17P. The number of allylic oxidation sites excluding steroid dienone is 2. The van der Waals surface area contributed by atoms with Crippen LogP contribution in [0.15, 0.2) is 42.5 Å². The van der Waals surface area contributed by atoms with Crippen molar-refractivity contribution < 1.29 is 0 Å². The zero-order valence-electron chi connectivity index (χ0n) is 7.95. The molecule has 0 aliphatic heterocycles. The molecule has 0 N–H and O–H groups in total. The van der Waals surface area contributed by atoms with E-state index in [0.29, 0.717) is 0 Å². The van der Waals surface area contributed by atoms with Gasteiger partial charge in [-0.25, -0.2) is 0 Å². The van der Waals surface area contributed by atoms with E-state index in [1.54, 1.807) is 0 Å². The van der Waals surface area contributed by atoms with E-state index >= 15 is 0 Å². The van der Waals surface area contributed by atoms with Gasteiger partial charge in [0, 0.05) is 0 Å². The number of benzene rings is 1. The third-order valence-corrected chi connectivity index (χ3v) is 2.25. The fourth-order valence-electron chi connectivity index (χ4n) is 1.28. The minimum absolute atomic E-state index is 1.07. The Labute approximate surface area is 83.3 Å². The molecule has 1 rings (SSSR count). The Morgan fingerprint density at radius 1 is 1.08 bits per heavy atom. The highest BCUT2D eigenvalue weighted by Gasteiger charge is 1.88. The lowest BCUT2D eigenvalue weighted by atomic mass is 10.1. The van der Waals surface area contributed by atoms with Gasteiger partial charge in [0.2, 0.25) is 0 Å². The van der Waals surface area contributed by atoms with Gasteiger partial charge in [0.25, 0.3) is 0 Å². The Balaban J connectivity index is 2.17. The van der Waals surface area contributed by atoms with Crippen LogP contribution in [0.4, 0.5) is 0 Å². The molecule has 1 aromatic carbocycles. The second-order valence-corrected chi connectivity index (χ2v) is 3.56. The molecule has 0 saturated carbocycles. The first-order valence-corrected chi connectivity index (χ1v) is 5.64. The first-order chi connectivity index (χ1) is 6.43. The maximum Gasteiger partial charge on any atom is -0.0200 e. The Morgan fingerprint density at radius 3 is 2.54 bits per heavy atom. The van der Waals surface area contributed by atoms with Crippen molar-refractivity contribution in [1.29, 1.82) is 0 Å². The second-order valence-electron chi connectivity index (χ2n) is 3.08. The van der Waals surface area contributed by atoms with Gasteiger partial charge in [0.05, 0.1) is 0 Å². The molecule has 0 amide bonds. The van der Waals surface area contributed by atoms with Crippen LogP contribution in [-0.4, -0.2) is 6.16 Å². The van der Waals surface area contributed by atoms with Gasteiger partial charge in [-0.3, -0.25) is 0 Å². The van der Waals surface area contributed by atoms with E-state index in [1.165, 1.54) is 24.8 Å². The molecule has 0 spiro atoms. The van der Waals surface area contributed by atoms with Crippen LogP contribution in [0.2, 0.25) is 0 Å². The summed E-state index contributed by atoms with van der Waals surface area (Å²) in [4.78, 5) is 0. The van der Waals surface area contributed by atoms with E-state index in [4.69, 9.17) is 0 Å². The van der Waals surface area contributed by atoms with Crippen molar-refractivity contribution in [3.05, 3.63) is 48.0 Å². The summed E-state index contributed by atoms with van der Waals surface area (Å²) in [5.41, 5.74) is 1.45. The molecule has 1 aromatic rings. The number of aryl methyl sites for hydroxylation is 1. The molecule has 0 aromatic heterocycles. The molecule has 0 heterocycles. The summed E-state index contributed by atoms with van der Waals surface area (Å²) in [5.74, 6) is 0. The van der Waals surface area contributed by atoms with Gasteiger partial charge in [-0.05, 0) is 31.0 Å². The van der Waals surface area contributed by atoms with E-state index < -0.39 is 0 Å². The van der Waals surface area contributed by atoms with Crippen molar-refractivity contribution in [2.45, 2.75) is 19.3 Å². The summed E-state index contributed by atoms with van der Waals surface area (Å²) < 4.78 is 0. The quantitative estimate of drug-likeness (QED) is 0.381. The summed E-state index contributed by atoms with van der Waals surface area (Å²) in [5, 5.41) is 0. The van der Waals surface area contributed by atoms with Crippen molar-refractivity contribution in [3.63, 3.8) is 0 Å². The monoisotopic (exact) mass is 192 g/mol. The number of unbranched alkanes of at least 4 members (excludes halogenated alkanes) is 1. The van der Waals surface area contributed by atoms with Crippen LogP contribution in [0, 0.1) is 0 Å². The van der Waals surface area contributed by atoms with Crippen molar-refractivity contribution in [2.24, 2.45) is 0 Å². The van der Waals surface area contributed by atoms with Gasteiger partial charge in [0.15, 0.2) is 0 Å². The average Bonchev–Trinajstić information content (AvgIpc) is 2.19. The summed E-state index contributed by atoms with van der Waals surface area (Å²) in [6.07, 6.45) is 9.19. The van der Waals surface area contributed by atoms with Gasteiger partial charge in [0.1, 0.15) is 0 Å². The number of hydrogen-bond acceptors (Lipinski definition) is 0. The lowest BCUT2D eigenvalue weighted by Crippen LogP contribution is -1.82. The average molecular weight is 192 g/mol. The van der Waals surface area contributed by atoms with Crippen LogP contribution >= 0.6 is 9.24 Å². The third kappa shape index (κ3) is 4.85. The molecule has 0 nitrogen and oxygen atoms in total. The first kappa shape index (κ1) is 10.5. The van der Waals surface area contributed by atoms with Gasteiger partial charge in [-0.15, -0.1) is 9.24 Å². The molecule has 1 heteroatoms. The normalized spacial score (nSPS) is 10.8. The SMILES string of the molecule is PC/C=C/CCCc1ccccc1. The van der Waals surface area contributed by atoms with E-state index in [9.17, 15) is 0 Å². The Hall–Kier alpha value is -0.610. The topological polar surface area (TPSA) is 0 Å². The van der Waals surface area contributed by atoms with Crippen LogP contribution in [0.5, 0.6) is 0 Å². The maximum atomic E-state index is 2.70. The zero-order chi connectivity index (χ0) is 9.36. The minimum Gasteiger partial charge on any atom is -0.134 e. The number of rotatable bonds is 5. The van der Waals surface area contributed by atoms with Crippen LogP contribution in [0.3, 0.4) is 0 Å². The van der Waals surface area contributed by atoms with Crippen molar-refractivity contribution in [1.82, 2.24) is 0 Å². The second kappa shape index (κ2) is 6.86. The van der Waals surface area contributed by atoms with Crippen molar-refractivity contribution in [3.8, 4) is 0 Å². The molecule has 0 radical (unpaired) electrons. The Kier molecular flexibility index (Phi) is 5.52. The van der Waals surface area contributed by atoms with Gasteiger partial charge >= 0.3 is 0 Å². The molecule has 0 aliphatic carbocycles. The summed E-state index contributed by atoms with van der Waals surface area (Å²) in [7, 11) is 2.70. The molecule has 0 bridgehead atoms. The van der Waals surface area contributed by atoms with Gasteiger partial charge in [-0.2, -0.15) is 0 Å². The van der Waals surface area contributed by atoms with Gasteiger partial charge < -0.3 is 0 Å². The van der Waals surface area contributed by atoms with Crippen LogP contribution < -0.4 is 0 Å². The van der Waals surface area contributed by atoms with E-state index in [-0.39, 0.29) is 0 Å². The predicted octanol–water partition coefficient (Wildman–Crippen LogP) is 3.44. The fraction of sp³-hybridized carbons (Fsp3) is 0.333. The van der Waals surface area contributed by atoms with E-state index in [1.807, 2.05) is 0 Å². The Bertz CT molecular complexity index is 239. The zero-order valence-corrected chi connectivity index (χ0v) is 9.10. The highest BCUT2D eigenvalue weighted by atomic mass is 31.0. The van der Waals surface area contributed by atoms with Crippen molar-refractivity contribution >= 4 is 9.24 Å². The summed E-state index contributed by atoms with van der Waals surface area (Å²) in [6, 6.07) is 10.7. The summed E-state index contributed by atoms with van der Waals surface area (Å²) in [6.45, 7) is 0. The fourth-order valence-corrected chi connectivity index (χ4v) is 1.48. The standard InChI is InChI=1S/C12H17P/c13-11-7-2-1-4-8-12-9-5-3-6-10-12/h2-3,5-7,9-10H,1,4,8,11,13H2/b7-2+. The highest BCUT2D eigenvalue weighted by molar-refractivity contribution is 7.16. The molecule has 0 fully saturated rings. The van der Waals surface area contributed by atoms with Crippen LogP contribution in [0.1, 0.15) is 18.4 Å². The highest BCUT2D eigenvalue weighted by Crippen LogP contribution is 2.04. The predicted molar refractivity (Wildman–Crippen MR) is 63.1 cm³/mol. The van der Waals surface area contributed by atoms with E-state index in [2.05, 4.69) is 51.7 Å². The lowest BCUT2D eigenvalue weighted by Gasteiger charge is -1.97. The molecule has 1 unspecified atom stereocenters. The molecule has 0 saturated heterocycles. The number of hydrogen-bond donors (Lipinski definition) is 0. The largest absolute Gasteiger partial charge is 0.134 e. The smallest absolute Gasteiger partial charge is 0.0200 e. The lowest BCUT2D eigenvalue weighted by molar-refractivity contribution is 0.842. The first-order valence-electron chi connectivity index (χ1n) is 4.82. The molecule has 1 atom stereocenters. The molecule has 13 heavy (non-hydrogen) atoms. The van der Waals surface area contributed by atoms with Crippen LogP contribution in [0.25, 0.3) is 0 Å². The maximum absolute atomic E-state index is 2.70. The van der Waals surface area contributed by atoms with Crippen LogP contribution in [-0.2, 0) is 6.42 Å². The third-order valence-electron chi connectivity index (χ3n) is 1.98.